The van der Waals surface area contributed by atoms with Gasteiger partial charge in [0.15, 0.2) is 16.1 Å². The topological polar surface area (TPSA) is 34.0 Å². The Hall–Kier alpha value is -1.85. The number of anilines is 1. The lowest BCUT2D eigenvalue weighted by Gasteiger charge is -2.09. The van der Waals surface area contributed by atoms with Crippen molar-refractivity contribution in [3.8, 4) is 10.7 Å². The Bertz CT molecular complexity index is 791. The summed E-state index contributed by atoms with van der Waals surface area (Å²) in [6, 6.07) is 8.37. The summed E-state index contributed by atoms with van der Waals surface area (Å²) in [5, 5.41) is 1.39. The first kappa shape index (κ1) is 15.1. The average Bonchev–Trinajstić information content (AvgIpc) is 3.07. The van der Waals surface area contributed by atoms with Gasteiger partial charge in [-0.05, 0) is 18.1 Å². The Morgan fingerprint density at radius 1 is 1.27 bits per heavy atom. The molecule has 6 heteroatoms. The minimum atomic E-state index is 0.505. The zero-order valence-electron chi connectivity index (χ0n) is 12.7. The molecule has 3 rings (SSSR count). The molecule has 1 aromatic carbocycles. The number of imidazole rings is 1. The summed E-state index contributed by atoms with van der Waals surface area (Å²) in [6.07, 6.45) is 3.78. The van der Waals surface area contributed by atoms with Gasteiger partial charge in [-0.15, -0.1) is 0 Å². The molecule has 0 aliphatic heterocycles. The van der Waals surface area contributed by atoms with Crippen LogP contribution in [0.2, 0.25) is 5.15 Å². The third-order valence-corrected chi connectivity index (χ3v) is 5.08. The Morgan fingerprint density at radius 2 is 2.05 bits per heavy atom. The van der Waals surface area contributed by atoms with E-state index in [1.807, 2.05) is 25.2 Å². The molecule has 2 heterocycles. The molecule has 0 fully saturated rings. The molecule has 0 atom stereocenters. The highest BCUT2D eigenvalue weighted by Crippen LogP contribution is 2.36. The molecule has 0 radical (unpaired) electrons. The van der Waals surface area contributed by atoms with Gasteiger partial charge in [0.1, 0.15) is 4.88 Å². The standard InChI is InChI=1S/C16H17ClN4S/c1-11-6-4-5-7-12(11)10-21-9-8-18-15(21)13-14(17)19-16(22-13)20(2)3/h4-9H,10H2,1-3H3. The molecule has 0 saturated carbocycles. The summed E-state index contributed by atoms with van der Waals surface area (Å²) >= 11 is 7.86. The fraction of sp³-hybridized carbons (Fsp3) is 0.250. The van der Waals surface area contributed by atoms with Gasteiger partial charge in [0.05, 0.1) is 0 Å². The van der Waals surface area contributed by atoms with Gasteiger partial charge < -0.3 is 9.47 Å². The van der Waals surface area contributed by atoms with Crippen molar-refractivity contribution in [3.05, 3.63) is 52.9 Å². The lowest BCUT2D eigenvalue weighted by molar-refractivity contribution is 0.803. The molecule has 0 unspecified atom stereocenters. The van der Waals surface area contributed by atoms with E-state index in [4.69, 9.17) is 11.6 Å². The number of halogens is 1. The van der Waals surface area contributed by atoms with Gasteiger partial charge in [-0.25, -0.2) is 9.97 Å². The molecular weight excluding hydrogens is 316 g/mol. The maximum atomic E-state index is 6.31. The van der Waals surface area contributed by atoms with Crippen LogP contribution >= 0.6 is 22.9 Å². The molecule has 22 heavy (non-hydrogen) atoms. The highest BCUT2D eigenvalue weighted by atomic mass is 35.5. The molecule has 3 aromatic rings. The predicted octanol–water partition coefficient (Wildman–Crippen LogP) is 4.08. The maximum absolute atomic E-state index is 6.31. The van der Waals surface area contributed by atoms with Crippen LogP contribution in [0, 0.1) is 6.92 Å². The molecule has 0 spiro atoms. The minimum absolute atomic E-state index is 0.505. The van der Waals surface area contributed by atoms with Gasteiger partial charge in [0.25, 0.3) is 0 Å². The molecule has 0 saturated heterocycles. The second-order valence-electron chi connectivity index (χ2n) is 5.32. The van der Waals surface area contributed by atoms with Crippen molar-refractivity contribution in [3.63, 3.8) is 0 Å². The monoisotopic (exact) mass is 332 g/mol. The summed E-state index contributed by atoms with van der Waals surface area (Å²) in [5.41, 5.74) is 2.54. The van der Waals surface area contributed by atoms with Crippen molar-refractivity contribution < 1.29 is 0 Å². The fourth-order valence-corrected chi connectivity index (χ4v) is 3.46. The molecule has 2 aromatic heterocycles. The lowest BCUT2D eigenvalue weighted by atomic mass is 10.1. The molecule has 4 nitrogen and oxygen atoms in total. The number of hydrogen-bond donors (Lipinski definition) is 0. The van der Waals surface area contributed by atoms with E-state index in [2.05, 4.69) is 45.7 Å². The van der Waals surface area contributed by atoms with Crippen molar-refractivity contribution in [2.24, 2.45) is 0 Å². The van der Waals surface area contributed by atoms with Gasteiger partial charge in [0, 0.05) is 33.0 Å². The molecular formula is C16H17ClN4S. The van der Waals surface area contributed by atoms with Crippen LogP contribution in [-0.2, 0) is 6.54 Å². The van der Waals surface area contributed by atoms with E-state index in [0.29, 0.717) is 5.15 Å². The minimum Gasteiger partial charge on any atom is -0.354 e. The van der Waals surface area contributed by atoms with E-state index in [-0.39, 0.29) is 0 Å². The first-order valence-corrected chi connectivity index (χ1v) is 8.15. The number of thiazole rings is 1. The van der Waals surface area contributed by atoms with E-state index < -0.39 is 0 Å². The molecule has 0 aliphatic carbocycles. The van der Waals surface area contributed by atoms with Crippen LogP contribution in [0.4, 0.5) is 5.13 Å². The van der Waals surface area contributed by atoms with Crippen molar-refractivity contribution >= 4 is 28.1 Å². The zero-order valence-corrected chi connectivity index (χ0v) is 14.3. The normalized spacial score (nSPS) is 10.9. The number of hydrogen-bond acceptors (Lipinski definition) is 4. The number of aromatic nitrogens is 3. The van der Waals surface area contributed by atoms with Gasteiger partial charge in [-0.3, -0.25) is 0 Å². The van der Waals surface area contributed by atoms with Gasteiger partial charge >= 0.3 is 0 Å². The quantitative estimate of drug-likeness (QED) is 0.721. The van der Waals surface area contributed by atoms with Crippen molar-refractivity contribution in [2.75, 3.05) is 19.0 Å². The predicted molar refractivity (Wildman–Crippen MR) is 93.0 cm³/mol. The summed E-state index contributed by atoms with van der Waals surface area (Å²) in [5.74, 6) is 0.860. The van der Waals surface area contributed by atoms with Crippen LogP contribution in [-0.4, -0.2) is 28.6 Å². The smallest absolute Gasteiger partial charge is 0.186 e. The maximum Gasteiger partial charge on any atom is 0.186 e. The van der Waals surface area contributed by atoms with Crippen LogP contribution < -0.4 is 4.90 Å². The first-order valence-electron chi connectivity index (χ1n) is 6.96. The highest BCUT2D eigenvalue weighted by Gasteiger charge is 2.17. The Balaban J connectivity index is 1.97. The third kappa shape index (κ3) is 2.87. The molecule has 0 aliphatic rings. The molecule has 0 amide bonds. The summed E-state index contributed by atoms with van der Waals surface area (Å²) in [7, 11) is 3.91. The summed E-state index contributed by atoms with van der Waals surface area (Å²) < 4.78 is 2.11. The molecule has 0 bridgehead atoms. The van der Waals surface area contributed by atoms with Crippen LogP contribution in [0.15, 0.2) is 36.7 Å². The SMILES string of the molecule is Cc1ccccc1Cn1ccnc1-c1sc(N(C)C)nc1Cl. The first-order chi connectivity index (χ1) is 10.6. The van der Waals surface area contributed by atoms with Gasteiger partial charge in [0.2, 0.25) is 0 Å². The van der Waals surface area contributed by atoms with E-state index in [0.717, 1.165) is 22.4 Å². The van der Waals surface area contributed by atoms with Crippen molar-refractivity contribution in [1.29, 1.82) is 0 Å². The Kier molecular flexibility index (Phi) is 4.18. The zero-order chi connectivity index (χ0) is 15.7. The summed E-state index contributed by atoms with van der Waals surface area (Å²) in [4.78, 5) is 11.7. The van der Waals surface area contributed by atoms with E-state index >= 15 is 0 Å². The van der Waals surface area contributed by atoms with Gasteiger partial charge in [-0.2, -0.15) is 0 Å². The number of aryl methyl sites for hydroxylation is 1. The fourth-order valence-electron chi connectivity index (χ4n) is 2.24. The highest BCUT2D eigenvalue weighted by molar-refractivity contribution is 7.19. The van der Waals surface area contributed by atoms with Crippen LogP contribution in [0.5, 0.6) is 0 Å². The Morgan fingerprint density at radius 3 is 2.73 bits per heavy atom. The van der Waals surface area contributed by atoms with E-state index in [1.54, 1.807) is 17.5 Å². The largest absolute Gasteiger partial charge is 0.354 e. The number of rotatable bonds is 4. The Labute approximate surface area is 139 Å². The van der Waals surface area contributed by atoms with E-state index in [1.165, 1.54) is 11.1 Å². The van der Waals surface area contributed by atoms with Crippen LogP contribution in [0.1, 0.15) is 11.1 Å². The number of benzene rings is 1. The molecule has 0 N–H and O–H groups in total. The summed E-state index contributed by atoms with van der Waals surface area (Å²) in [6.45, 7) is 2.89. The van der Waals surface area contributed by atoms with E-state index in [9.17, 15) is 0 Å². The second kappa shape index (κ2) is 6.10. The lowest BCUT2D eigenvalue weighted by Crippen LogP contribution is -2.07. The third-order valence-electron chi connectivity index (χ3n) is 3.48. The van der Waals surface area contributed by atoms with Crippen LogP contribution in [0.25, 0.3) is 10.7 Å². The average molecular weight is 333 g/mol. The molecule has 114 valence electrons. The number of nitrogens with zero attached hydrogens (tertiary/aromatic N) is 4. The second-order valence-corrected chi connectivity index (χ2v) is 6.65. The van der Waals surface area contributed by atoms with Crippen molar-refractivity contribution in [2.45, 2.75) is 13.5 Å². The van der Waals surface area contributed by atoms with Gasteiger partial charge in [-0.1, -0.05) is 47.2 Å². The van der Waals surface area contributed by atoms with Crippen LogP contribution in [0.3, 0.4) is 0 Å². The van der Waals surface area contributed by atoms with Crippen molar-refractivity contribution in [1.82, 2.24) is 14.5 Å².